The lowest BCUT2D eigenvalue weighted by Crippen LogP contribution is -2.58. The predicted octanol–water partition coefficient (Wildman–Crippen LogP) is -1.50. The Morgan fingerprint density at radius 1 is 0.897 bits per heavy atom. The first-order chi connectivity index (χ1) is 13.6. The average Bonchev–Trinajstić information content (AvgIpc) is 2.67. The summed E-state index contributed by atoms with van der Waals surface area (Å²) in [5, 5.41) is 16.6. The highest BCUT2D eigenvalue weighted by Crippen LogP contribution is 2.07. The molecule has 0 aromatic rings. The van der Waals surface area contributed by atoms with Gasteiger partial charge in [0.1, 0.15) is 18.1 Å². The molecule has 0 aliphatic rings. The molecular formula is C17H33N5O5S2. The molecule has 10 nitrogen and oxygen atoms in total. The quantitative estimate of drug-likeness (QED) is 0.117. The molecule has 0 saturated heterocycles. The Morgan fingerprint density at radius 3 is 1.93 bits per heavy atom. The molecule has 8 N–H and O–H groups in total. The highest BCUT2D eigenvalue weighted by Gasteiger charge is 2.31. The van der Waals surface area contributed by atoms with Gasteiger partial charge in [-0.2, -0.15) is 25.3 Å². The van der Waals surface area contributed by atoms with E-state index in [1.54, 1.807) is 13.8 Å². The first-order valence-electron chi connectivity index (χ1n) is 9.40. The number of carboxylic acids is 1. The van der Waals surface area contributed by atoms with Gasteiger partial charge in [-0.05, 0) is 31.7 Å². The molecule has 0 saturated carbocycles. The molecule has 29 heavy (non-hydrogen) atoms. The van der Waals surface area contributed by atoms with E-state index in [0.717, 1.165) is 0 Å². The van der Waals surface area contributed by atoms with Crippen molar-refractivity contribution in [3.63, 3.8) is 0 Å². The van der Waals surface area contributed by atoms with E-state index in [9.17, 15) is 19.2 Å². The van der Waals surface area contributed by atoms with Gasteiger partial charge in [-0.15, -0.1) is 0 Å². The maximum atomic E-state index is 12.8. The summed E-state index contributed by atoms with van der Waals surface area (Å²) in [5.41, 5.74) is 11.1. The van der Waals surface area contributed by atoms with E-state index in [2.05, 4.69) is 41.2 Å². The lowest BCUT2D eigenvalue weighted by atomic mass is 10.0. The van der Waals surface area contributed by atoms with Gasteiger partial charge in [0.15, 0.2) is 0 Å². The molecule has 3 amide bonds. The molecule has 0 aliphatic heterocycles. The molecule has 0 aromatic carbocycles. The molecule has 0 bridgehead atoms. The number of hydrogen-bond donors (Lipinski definition) is 8. The van der Waals surface area contributed by atoms with E-state index in [-0.39, 0.29) is 17.4 Å². The smallest absolute Gasteiger partial charge is 0.327 e. The van der Waals surface area contributed by atoms with E-state index in [0.29, 0.717) is 25.8 Å². The van der Waals surface area contributed by atoms with Crippen LogP contribution < -0.4 is 27.4 Å². The largest absolute Gasteiger partial charge is 0.480 e. The second kappa shape index (κ2) is 14.5. The van der Waals surface area contributed by atoms with Crippen LogP contribution in [0.4, 0.5) is 0 Å². The van der Waals surface area contributed by atoms with E-state index < -0.39 is 47.9 Å². The third-order valence-electron chi connectivity index (χ3n) is 4.16. The summed E-state index contributed by atoms with van der Waals surface area (Å²) >= 11 is 7.88. The second-order valence-electron chi connectivity index (χ2n) is 6.95. The van der Waals surface area contributed by atoms with Crippen LogP contribution in [0.25, 0.3) is 0 Å². The van der Waals surface area contributed by atoms with Crippen LogP contribution in [0.3, 0.4) is 0 Å². The van der Waals surface area contributed by atoms with Crippen molar-refractivity contribution in [1.82, 2.24) is 16.0 Å². The summed E-state index contributed by atoms with van der Waals surface area (Å²) in [6.07, 6.45) is 1.56. The molecular weight excluding hydrogens is 418 g/mol. The SMILES string of the molecule is CC(C)C(NC(=O)C(CCCCN)NC(=O)C(N)CS)C(=O)NC(CS)C(=O)O. The maximum absolute atomic E-state index is 12.8. The molecule has 12 heteroatoms. The summed E-state index contributed by atoms with van der Waals surface area (Å²) in [4.78, 5) is 48.5. The van der Waals surface area contributed by atoms with Crippen molar-refractivity contribution < 1.29 is 24.3 Å². The van der Waals surface area contributed by atoms with Crippen LogP contribution >= 0.6 is 25.3 Å². The normalized spacial score (nSPS) is 15.1. The Bertz CT molecular complexity index is 564. The zero-order valence-electron chi connectivity index (χ0n) is 16.8. The Labute approximate surface area is 182 Å². The maximum Gasteiger partial charge on any atom is 0.327 e. The fourth-order valence-corrected chi connectivity index (χ4v) is 2.77. The zero-order chi connectivity index (χ0) is 22.6. The van der Waals surface area contributed by atoms with Gasteiger partial charge in [0.25, 0.3) is 0 Å². The predicted molar refractivity (Wildman–Crippen MR) is 117 cm³/mol. The van der Waals surface area contributed by atoms with Gasteiger partial charge >= 0.3 is 5.97 Å². The van der Waals surface area contributed by atoms with Crippen molar-refractivity contribution in [1.29, 1.82) is 0 Å². The number of carbonyl (C=O) groups excluding carboxylic acids is 3. The first kappa shape index (κ1) is 27.5. The van der Waals surface area contributed by atoms with Crippen molar-refractivity contribution in [2.75, 3.05) is 18.1 Å². The molecule has 4 atom stereocenters. The molecule has 0 aliphatic carbocycles. The minimum Gasteiger partial charge on any atom is -0.480 e. The fraction of sp³-hybridized carbons (Fsp3) is 0.765. The van der Waals surface area contributed by atoms with Crippen molar-refractivity contribution in [3.05, 3.63) is 0 Å². The number of aliphatic carboxylic acids is 1. The first-order valence-corrected chi connectivity index (χ1v) is 10.7. The third kappa shape index (κ3) is 10.2. The number of rotatable bonds is 14. The highest BCUT2D eigenvalue weighted by molar-refractivity contribution is 7.80. The van der Waals surface area contributed by atoms with Crippen LogP contribution in [0.1, 0.15) is 33.1 Å². The number of carboxylic acid groups (broad SMARTS) is 1. The number of hydrogen-bond acceptors (Lipinski definition) is 8. The molecule has 168 valence electrons. The van der Waals surface area contributed by atoms with Gasteiger partial charge in [-0.1, -0.05) is 13.8 Å². The number of nitrogens with two attached hydrogens (primary N) is 2. The summed E-state index contributed by atoms with van der Waals surface area (Å²) in [7, 11) is 0. The Kier molecular flexibility index (Phi) is 13.7. The van der Waals surface area contributed by atoms with Crippen LogP contribution in [0.15, 0.2) is 0 Å². The summed E-state index contributed by atoms with van der Waals surface area (Å²) in [6, 6.07) is -3.96. The molecule has 4 unspecified atom stereocenters. The molecule has 0 heterocycles. The Morgan fingerprint density at radius 2 is 1.48 bits per heavy atom. The molecule has 0 fully saturated rings. The third-order valence-corrected chi connectivity index (χ3v) is 4.92. The van der Waals surface area contributed by atoms with Gasteiger partial charge in [-0.25, -0.2) is 4.79 Å². The topological polar surface area (TPSA) is 177 Å². The van der Waals surface area contributed by atoms with Crippen LogP contribution in [-0.4, -0.2) is 71.0 Å². The van der Waals surface area contributed by atoms with Gasteiger partial charge < -0.3 is 32.5 Å². The second-order valence-corrected chi connectivity index (χ2v) is 7.68. The standard InChI is InChI=1S/C17H33N5O5S2/c1-9(2)13(16(25)21-12(8-29)17(26)27)22-15(24)11(5-3-4-6-18)20-14(23)10(19)7-28/h9-13,28-29H,3-8,18-19H2,1-2H3,(H,20,23)(H,21,25)(H,22,24)(H,26,27). The summed E-state index contributed by atoms with van der Waals surface area (Å²) in [5.74, 6) is -3.27. The number of nitrogens with one attached hydrogen (secondary N) is 3. The number of carbonyl (C=O) groups is 4. The average molecular weight is 452 g/mol. The molecule has 0 spiro atoms. The minimum atomic E-state index is -1.23. The minimum absolute atomic E-state index is 0.0980. The van der Waals surface area contributed by atoms with Gasteiger partial charge in [-0.3, -0.25) is 14.4 Å². The molecule has 0 radical (unpaired) electrons. The lowest BCUT2D eigenvalue weighted by molar-refractivity contribution is -0.142. The van der Waals surface area contributed by atoms with Crippen molar-refractivity contribution in [3.8, 4) is 0 Å². The van der Waals surface area contributed by atoms with Crippen LogP contribution in [0.5, 0.6) is 0 Å². The van der Waals surface area contributed by atoms with Crippen molar-refractivity contribution in [2.45, 2.75) is 57.3 Å². The molecule has 0 rings (SSSR count). The van der Waals surface area contributed by atoms with Crippen LogP contribution in [0.2, 0.25) is 0 Å². The molecule has 0 aromatic heterocycles. The lowest BCUT2D eigenvalue weighted by Gasteiger charge is -2.26. The zero-order valence-corrected chi connectivity index (χ0v) is 18.5. The Balaban J connectivity index is 5.27. The number of thiol groups is 2. The van der Waals surface area contributed by atoms with Crippen LogP contribution in [0, 0.1) is 5.92 Å². The van der Waals surface area contributed by atoms with Gasteiger partial charge in [0.05, 0.1) is 6.04 Å². The van der Waals surface area contributed by atoms with Gasteiger partial charge in [0, 0.05) is 11.5 Å². The van der Waals surface area contributed by atoms with Crippen molar-refractivity contribution >= 4 is 48.9 Å². The van der Waals surface area contributed by atoms with E-state index in [1.807, 2.05) is 0 Å². The highest BCUT2D eigenvalue weighted by atomic mass is 32.1. The van der Waals surface area contributed by atoms with Gasteiger partial charge in [0.2, 0.25) is 17.7 Å². The van der Waals surface area contributed by atoms with E-state index in [1.165, 1.54) is 0 Å². The summed E-state index contributed by atoms with van der Waals surface area (Å²) in [6.45, 7) is 3.86. The van der Waals surface area contributed by atoms with Crippen molar-refractivity contribution in [2.24, 2.45) is 17.4 Å². The van der Waals surface area contributed by atoms with Crippen LogP contribution in [-0.2, 0) is 19.2 Å². The monoisotopic (exact) mass is 451 g/mol. The number of unbranched alkanes of at least 4 members (excludes halogenated alkanes) is 1. The summed E-state index contributed by atoms with van der Waals surface area (Å²) < 4.78 is 0. The van der Waals surface area contributed by atoms with E-state index in [4.69, 9.17) is 16.6 Å². The van der Waals surface area contributed by atoms with E-state index >= 15 is 0 Å². The Hall–Kier alpha value is -1.50. The number of amides is 3. The fourth-order valence-electron chi connectivity index (χ4n) is 2.36.